The minimum atomic E-state index is -0.202. The van der Waals surface area contributed by atoms with Crippen LogP contribution in [0.3, 0.4) is 0 Å². The zero-order valence-corrected chi connectivity index (χ0v) is 16.6. The molecular formula is C22H23N5O2. The standard InChI is InChI=1S/C22H23N5O2/c1-14(2)27-19-7-5-4-6-18(19)25-20(27)13-23-22(28)17-12-24-26-21(17)15-8-10-16(29-3)11-9-15/h4-12,14H,13H2,1-3H3,(H,23,28)(H,24,26). The van der Waals surface area contributed by atoms with Crippen LogP contribution in [0.1, 0.15) is 36.1 Å². The average molecular weight is 389 g/mol. The van der Waals surface area contributed by atoms with Crippen LogP contribution in [-0.2, 0) is 6.54 Å². The topological polar surface area (TPSA) is 84.8 Å². The lowest BCUT2D eigenvalue weighted by Gasteiger charge is -2.13. The van der Waals surface area contributed by atoms with Gasteiger partial charge in [0.1, 0.15) is 11.6 Å². The predicted octanol–water partition coefficient (Wildman–Crippen LogP) is 3.95. The Morgan fingerprint density at radius 1 is 1.17 bits per heavy atom. The van der Waals surface area contributed by atoms with Crippen molar-refractivity contribution in [2.45, 2.75) is 26.4 Å². The summed E-state index contributed by atoms with van der Waals surface area (Å²) in [6, 6.07) is 15.7. The number of methoxy groups -OCH3 is 1. The second-order valence-corrected chi connectivity index (χ2v) is 7.05. The molecule has 4 rings (SSSR count). The number of para-hydroxylation sites is 2. The van der Waals surface area contributed by atoms with Gasteiger partial charge in [-0.1, -0.05) is 12.1 Å². The number of aromatic nitrogens is 4. The van der Waals surface area contributed by atoms with Crippen LogP contribution in [0.15, 0.2) is 54.7 Å². The van der Waals surface area contributed by atoms with Gasteiger partial charge in [-0.3, -0.25) is 9.89 Å². The van der Waals surface area contributed by atoms with Gasteiger partial charge in [-0.05, 0) is 50.2 Å². The van der Waals surface area contributed by atoms with Gasteiger partial charge >= 0.3 is 0 Å². The summed E-state index contributed by atoms with van der Waals surface area (Å²) in [6.07, 6.45) is 1.54. The number of rotatable bonds is 6. The van der Waals surface area contributed by atoms with Gasteiger partial charge in [-0.25, -0.2) is 4.98 Å². The van der Waals surface area contributed by atoms with E-state index in [0.717, 1.165) is 28.2 Å². The van der Waals surface area contributed by atoms with Gasteiger partial charge in [0.2, 0.25) is 0 Å². The second-order valence-electron chi connectivity index (χ2n) is 7.05. The Morgan fingerprint density at radius 2 is 1.93 bits per heavy atom. The van der Waals surface area contributed by atoms with Crippen molar-refractivity contribution in [1.29, 1.82) is 0 Å². The van der Waals surface area contributed by atoms with E-state index in [0.29, 0.717) is 17.8 Å². The predicted molar refractivity (Wildman–Crippen MR) is 112 cm³/mol. The Morgan fingerprint density at radius 3 is 2.66 bits per heavy atom. The van der Waals surface area contributed by atoms with Crippen LogP contribution in [0.4, 0.5) is 0 Å². The van der Waals surface area contributed by atoms with Gasteiger partial charge in [0, 0.05) is 11.6 Å². The fraction of sp³-hybridized carbons (Fsp3) is 0.227. The van der Waals surface area contributed by atoms with E-state index in [1.165, 1.54) is 0 Å². The molecule has 0 radical (unpaired) electrons. The number of amides is 1. The number of carbonyl (C=O) groups excluding carboxylic acids is 1. The number of hydrogen-bond donors (Lipinski definition) is 2. The zero-order valence-electron chi connectivity index (χ0n) is 16.6. The molecule has 0 spiro atoms. The molecule has 0 unspecified atom stereocenters. The summed E-state index contributed by atoms with van der Waals surface area (Å²) in [5.74, 6) is 1.38. The van der Waals surface area contributed by atoms with Gasteiger partial charge < -0.3 is 14.6 Å². The largest absolute Gasteiger partial charge is 0.497 e. The molecule has 2 N–H and O–H groups in total. The Balaban J connectivity index is 1.56. The molecule has 148 valence electrons. The van der Waals surface area contributed by atoms with Crippen molar-refractivity contribution in [3.63, 3.8) is 0 Å². The molecule has 4 aromatic rings. The van der Waals surface area contributed by atoms with Crippen LogP contribution < -0.4 is 10.1 Å². The number of ether oxygens (including phenoxy) is 1. The molecule has 0 fully saturated rings. The summed E-state index contributed by atoms with van der Waals surface area (Å²) in [5, 5.41) is 9.96. The van der Waals surface area contributed by atoms with E-state index in [-0.39, 0.29) is 11.9 Å². The number of fused-ring (bicyclic) bond motifs is 1. The second kappa shape index (κ2) is 7.79. The van der Waals surface area contributed by atoms with Crippen molar-refractivity contribution in [2.24, 2.45) is 0 Å². The monoisotopic (exact) mass is 389 g/mol. The van der Waals surface area contributed by atoms with Crippen molar-refractivity contribution in [3.8, 4) is 17.0 Å². The van der Waals surface area contributed by atoms with Gasteiger partial charge in [-0.15, -0.1) is 0 Å². The molecule has 0 aliphatic heterocycles. The van der Waals surface area contributed by atoms with Crippen LogP contribution in [0.2, 0.25) is 0 Å². The first-order valence-corrected chi connectivity index (χ1v) is 9.50. The molecule has 0 aliphatic rings. The molecule has 29 heavy (non-hydrogen) atoms. The summed E-state index contributed by atoms with van der Waals surface area (Å²) < 4.78 is 7.34. The first-order valence-electron chi connectivity index (χ1n) is 9.50. The quantitative estimate of drug-likeness (QED) is 0.523. The summed E-state index contributed by atoms with van der Waals surface area (Å²) in [6.45, 7) is 4.55. The molecule has 0 saturated heterocycles. The summed E-state index contributed by atoms with van der Waals surface area (Å²) in [4.78, 5) is 17.6. The maximum absolute atomic E-state index is 12.9. The molecule has 0 atom stereocenters. The molecule has 7 heteroatoms. The fourth-order valence-corrected chi connectivity index (χ4v) is 3.49. The van der Waals surface area contributed by atoms with E-state index in [9.17, 15) is 4.79 Å². The van der Waals surface area contributed by atoms with E-state index >= 15 is 0 Å². The average Bonchev–Trinajstić information content (AvgIpc) is 3.36. The SMILES string of the molecule is COc1ccc(-c2[nH]ncc2C(=O)NCc2nc3ccccc3n2C(C)C)cc1. The van der Waals surface area contributed by atoms with Crippen LogP contribution in [-0.4, -0.2) is 32.8 Å². The van der Waals surface area contributed by atoms with E-state index in [1.807, 2.05) is 48.5 Å². The van der Waals surface area contributed by atoms with Gasteiger partial charge in [0.25, 0.3) is 5.91 Å². The van der Waals surface area contributed by atoms with E-state index in [4.69, 9.17) is 9.72 Å². The Labute approximate surface area is 168 Å². The number of imidazole rings is 1. The van der Waals surface area contributed by atoms with Crippen molar-refractivity contribution in [3.05, 3.63) is 66.1 Å². The Bertz CT molecular complexity index is 1140. The number of benzene rings is 2. The van der Waals surface area contributed by atoms with Crippen LogP contribution >= 0.6 is 0 Å². The van der Waals surface area contributed by atoms with Gasteiger partial charge in [0.05, 0.1) is 42.1 Å². The van der Waals surface area contributed by atoms with Crippen LogP contribution in [0.25, 0.3) is 22.3 Å². The minimum Gasteiger partial charge on any atom is -0.497 e. The third-order valence-corrected chi connectivity index (χ3v) is 4.85. The maximum atomic E-state index is 12.9. The van der Waals surface area contributed by atoms with Crippen molar-refractivity contribution in [1.82, 2.24) is 25.1 Å². The van der Waals surface area contributed by atoms with Crippen molar-refractivity contribution >= 4 is 16.9 Å². The highest BCUT2D eigenvalue weighted by Gasteiger charge is 2.18. The molecule has 0 bridgehead atoms. The molecule has 0 saturated carbocycles. The lowest BCUT2D eigenvalue weighted by molar-refractivity contribution is 0.0950. The molecule has 2 aromatic carbocycles. The van der Waals surface area contributed by atoms with Crippen LogP contribution in [0.5, 0.6) is 5.75 Å². The van der Waals surface area contributed by atoms with Crippen LogP contribution in [0, 0.1) is 0 Å². The van der Waals surface area contributed by atoms with Crippen molar-refractivity contribution < 1.29 is 9.53 Å². The first-order chi connectivity index (χ1) is 14.1. The third kappa shape index (κ3) is 3.59. The fourth-order valence-electron chi connectivity index (χ4n) is 3.49. The highest BCUT2D eigenvalue weighted by Crippen LogP contribution is 2.24. The summed E-state index contributed by atoms with van der Waals surface area (Å²) in [5.41, 5.74) is 4.01. The van der Waals surface area contributed by atoms with Gasteiger partial charge in [0.15, 0.2) is 0 Å². The first kappa shape index (κ1) is 18.7. The number of aromatic amines is 1. The highest BCUT2D eigenvalue weighted by atomic mass is 16.5. The molecule has 2 heterocycles. The molecular weight excluding hydrogens is 366 g/mol. The Kier molecular flexibility index (Phi) is 5.03. The maximum Gasteiger partial charge on any atom is 0.255 e. The molecule has 0 aliphatic carbocycles. The number of nitrogens with zero attached hydrogens (tertiary/aromatic N) is 3. The number of hydrogen-bond acceptors (Lipinski definition) is 4. The summed E-state index contributed by atoms with van der Waals surface area (Å²) in [7, 11) is 1.62. The Hall–Kier alpha value is -3.61. The molecule has 2 aromatic heterocycles. The van der Waals surface area contributed by atoms with E-state index in [2.05, 4.69) is 33.9 Å². The normalized spacial score (nSPS) is 11.2. The third-order valence-electron chi connectivity index (χ3n) is 4.85. The highest BCUT2D eigenvalue weighted by molar-refractivity contribution is 5.99. The lowest BCUT2D eigenvalue weighted by Crippen LogP contribution is -2.25. The number of H-pyrrole nitrogens is 1. The van der Waals surface area contributed by atoms with E-state index in [1.54, 1.807) is 13.3 Å². The molecule has 7 nitrogen and oxygen atoms in total. The minimum absolute atomic E-state index is 0.202. The van der Waals surface area contributed by atoms with Crippen molar-refractivity contribution in [2.75, 3.05) is 7.11 Å². The summed E-state index contributed by atoms with van der Waals surface area (Å²) >= 11 is 0. The smallest absolute Gasteiger partial charge is 0.255 e. The number of carbonyl (C=O) groups is 1. The lowest BCUT2D eigenvalue weighted by atomic mass is 10.1. The van der Waals surface area contributed by atoms with E-state index < -0.39 is 0 Å². The zero-order chi connectivity index (χ0) is 20.4. The van der Waals surface area contributed by atoms with Gasteiger partial charge in [-0.2, -0.15) is 5.10 Å². The number of nitrogens with one attached hydrogen (secondary N) is 2. The molecule has 1 amide bonds.